The molecule has 0 radical (unpaired) electrons. The highest BCUT2D eigenvalue weighted by Crippen LogP contribution is 2.29. The highest BCUT2D eigenvalue weighted by Gasteiger charge is 2.17. The van der Waals surface area contributed by atoms with Crippen LogP contribution in [0.5, 0.6) is 0 Å². The maximum absolute atomic E-state index is 13.4. The number of furan rings is 1. The first-order chi connectivity index (χ1) is 8.63. The third-order valence-electron chi connectivity index (χ3n) is 2.83. The van der Waals surface area contributed by atoms with Gasteiger partial charge in [-0.05, 0) is 58.7 Å². The van der Waals surface area contributed by atoms with Gasteiger partial charge in [0, 0.05) is 11.6 Å². The summed E-state index contributed by atoms with van der Waals surface area (Å²) in [4.78, 5) is 0. The third-order valence-corrected chi connectivity index (χ3v) is 4.02. The maximum Gasteiger partial charge on any atom is 0.197 e. The Morgan fingerprint density at radius 1 is 1.44 bits per heavy atom. The number of halogens is 3. The summed E-state index contributed by atoms with van der Waals surface area (Å²) in [5.74, 6) is -0.263. The number of rotatable bonds is 4. The van der Waals surface area contributed by atoms with E-state index in [1.54, 1.807) is 12.3 Å². The quantitative estimate of drug-likeness (QED) is 0.901. The number of benzene rings is 1. The molecule has 18 heavy (non-hydrogen) atoms. The minimum Gasteiger partial charge on any atom is -0.453 e. The standard InChI is InChI=1S/C13H12BrClFNO/c1-17-11(9-5-6-18-13(9)15)7-8-3-2-4-10(16)12(8)14/h2-6,11,17H,7H2,1H3. The Labute approximate surface area is 118 Å². The molecule has 0 aliphatic rings. The molecule has 1 heterocycles. The van der Waals surface area contributed by atoms with Crippen LogP contribution < -0.4 is 5.32 Å². The van der Waals surface area contributed by atoms with E-state index in [1.165, 1.54) is 6.07 Å². The van der Waals surface area contributed by atoms with E-state index in [4.69, 9.17) is 16.0 Å². The Kier molecular flexibility index (Phi) is 4.43. The lowest BCUT2D eigenvalue weighted by atomic mass is 10.0. The lowest BCUT2D eigenvalue weighted by Crippen LogP contribution is -2.18. The van der Waals surface area contributed by atoms with Gasteiger partial charge in [-0.2, -0.15) is 0 Å². The summed E-state index contributed by atoms with van der Waals surface area (Å²) in [6.07, 6.45) is 2.16. The van der Waals surface area contributed by atoms with Crippen LogP contribution in [0.2, 0.25) is 5.22 Å². The zero-order valence-electron chi connectivity index (χ0n) is 9.71. The van der Waals surface area contributed by atoms with Gasteiger partial charge in [0.1, 0.15) is 5.82 Å². The van der Waals surface area contributed by atoms with Crippen LogP contribution in [0.15, 0.2) is 39.4 Å². The molecule has 96 valence electrons. The predicted molar refractivity (Wildman–Crippen MR) is 73.3 cm³/mol. The van der Waals surface area contributed by atoms with Crippen molar-refractivity contribution < 1.29 is 8.81 Å². The monoisotopic (exact) mass is 331 g/mol. The van der Waals surface area contributed by atoms with Gasteiger partial charge in [-0.3, -0.25) is 0 Å². The van der Waals surface area contributed by atoms with Gasteiger partial charge < -0.3 is 9.73 Å². The molecular formula is C13H12BrClFNO. The highest BCUT2D eigenvalue weighted by molar-refractivity contribution is 9.10. The summed E-state index contributed by atoms with van der Waals surface area (Å²) in [7, 11) is 1.83. The molecule has 2 rings (SSSR count). The van der Waals surface area contributed by atoms with Crippen molar-refractivity contribution in [1.82, 2.24) is 5.32 Å². The Bertz CT molecular complexity index is 544. The number of nitrogens with one attached hydrogen (secondary N) is 1. The molecule has 0 amide bonds. The van der Waals surface area contributed by atoms with Crippen molar-refractivity contribution in [1.29, 1.82) is 0 Å². The molecule has 0 bridgehead atoms. The van der Waals surface area contributed by atoms with Crippen molar-refractivity contribution in [2.75, 3.05) is 7.05 Å². The van der Waals surface area contributed by atoms with Crippen molar-refractivity contribution in [3.63, 3.8) is 0 Å². The first-order valence-corrected chi connectivity index (χ1v) is 6.63. The molecule has 1 atom stereocenters. The lowest BCUT2D eigenvalue weighted by molar-refractivity contribution is 0.542. The largest absolute Gasteiger partial charge is 0.453 e. The second-order valence-electron chi connectivity index (χ2n) is 3.91. The Morgan fingerprint density at radius 3 is 2.83 bits per heavy atom. The van der Waals surface area contributed by atoms with Crippen molar-refractivity contribution in [3.8, 4) is 0 Å². The molecule has 1 unspecified atom stereocenters. The SMILES string of the molecule is CNC(Cc1cccc(F)c1Br)c1ccoc1Cl. The Morgan fingerprint density at radius 2 is 2.22 bits per heavy atom. The van der Waals surface area contributed by atoms with Crippen molar-refractivity contribution in [2.24, 2.45) is 0 Å². The van der Waals surface area contributed by atoms with Gasteiger partial charge in [-0.15, -0.1) is 0 Å². The smallest absolute Gasteiger partial charge is 0.197 e. The molecule has 0 saturated heterocycles. The second-order valence-corrected chi connectivity index (χ2v) is 5.04. The van der Waals surface area contributed by atoms with Gasteiger partial charge in [0.25, 0.3) is 0 Å². The minimum atomic E-state index is -0.263. The van der Waals surface area contributed by atoms with Crippen molar-refractivity contribution in [2.45, 2.75) is 12.5 Å². The van der Waals surface area contributed by atoms with Crippen LogP contribution in [0.1, 0.15) is 17.2 Å². The summed E-state index contributed by atoms with van der Waals surface area (Å²) in [6.45, 7) is 0. The molecule has 0 spiro atoms. The fraction of sp³-hybridized carbons (Fsp3) is 0.231. The summed E-state index contributed by atoms with van der Waals surface area (Å²) in [5.41, 5.74) is 1.75. The number of likely N-dealkylation sites (N-methyl/N-ethyl adjacent to an activating group) is 1. The van der Waals surface area contributed by atoms with E-state index < -0.39 is 0 Å². The maximum atomic E-state index is 13.4. The second kappa shape index (κ2) is 5.87. The molecule has 2 nitrogen and oxygen atoms in total. The third kappa shape index (κ3) is 2.76. The zero-order chi connectivity index (χ0) is 13.1. The molecule has 1 aromatic heterocycles. The van der Waals surface area contributed by atoms with E-state index in [-0.39, 0.29) is 11.9 Å². The van der Waals surface area contributed by atoms with E-state index in [1.807, 2.05) is 19.2 Å². The molecule has 2 aromatic rings. The molecule has 1 N–H and O–H groups in total. The lowest BCUT2D eigenvalue weighted by Gasteiger charge is -2.16. The van der Waals surface area contributed by atoms with Crippen molar-refractivity contribution >= 4 is 27.5 Å². The van der Waals surface area contributed by atoms with Gasteiger partial charge >= 0.3 is 0 Å². The summed E-state index contributed by atoms with van der Waals surface area (Å²) >= 11 is 9.22. The molecule has 5 heteroatoms. The topological polar surface area (TPSA) is 25.2 Å². The molecule has 0 aliphatic heterocycles. The van der Waals surface area contributed by atoms with Crippen LogP contribution >= 0.6 is 27.5 Å². The fourth-order valence-electron chi connectivity index (χ4n) is 1.85. The Balaban J connectivity index is 2.26. The Hall–Kier alpha value is -0.840. The van der Waals surface area contributed by atoms with E-state index in [9.17, 15) is 4.39 Å². The average molecular weight is 333 g/mol. The summed E-state index contributed by atoms with van der Waals surface area (Å²) in [5, 5.41) is 3.52. The zero-order valence-corrected chi connectivity index (χ0v) is 12.1. The molecule has 0 fully saturated rings. The highest BCUT2D eigenvalue weighted by atomic mass is 79.9. The molecule has 1 aromatic carbocycles. The normalized spacial score (nSPS) is 12.7. The van der Waals surface area contributed by atoms with Crippen LogP contribution in [-0.4, -0.2) is 7.05 Å². The van der Waals surface area contributed by atoms with Gasteiger partial charge in [0.2, 0.25) is 0 Å². The fourth-order valence-corrected chi connectivity index (χ4v) is 2.52. The van der Waals surface area contributed by atoms with E-state index in [0.717, 1.165) is 11.1 Å². The number of hydrogen-bond donors (Lipinski definition) is 1. The van der Waals surface area contributed by atoms with Crippen LogP contribution in [0, 0.1) is 5.82 Å². The van der Waals surface area contributed by atoms with Gasteiger partial charge in [-0.1, -0.05) is 12.1 Å². The summed E-state index contributed by atoms with van der Waals surface area (Å²) in [6, 6.07) is 6.79. The van der Waals surface area contributed by atoms with Crippen LogP contribution in [0.25, 0.3) is 0 Å². The molecule has 0 aliphatic carbocycles. The summed E-state index contributed by atoms with van der Waals surface area (Å²) < 4.78 is 19.0. The van der Waals surface area contributed by atoms with E-state index in [0.29, 0.717) is 16.1 Å². The van der Waals surface area contributed by atoms with Gasteiger partial charge in [0.05, 0.1) is 10.7 Å². The van der Waals surface area contributed by atoms with Gasteiger partial charge in [0.15, 0.2) is 5.22 Å². The first-order valence-electron chi connectivity index (χ1n) is 5.46. The van der Waals surface area contributed by atoms with E-state index in [2.05, 4.69) is 21.2 Å². The van der Waals surface area contributed by atoms with Crippen LogP contribution in [-0.2, 0) is 6.42 Å². The predicted octanol–water partition coefficient (Wildman–Crippen LogP) is 4.34. The average Bonchev–Trinajstić information content (AvgIpc) is 2.77. The van der Waals surface area contributed by atoms with Crippen LogP contribution in [0.3, 0.4) is 0 Å². The molecular weight excluding hydrogens is 321 g/mol. The van der Waals surface area contributed by atoms with Crippen LogP contribution in [0.4, 0.5) is 4.39 Å². The number of hydrogen-bond acceptors (Lipinski definition) is 2. The minimum absolute atomic E-state index is 0.0191. The first kappa shape index (κ1) is 13.6. The molecule has 0 saturated carbocycles. The van der Waals surface area contributed by atoms with E-state index >= 15 is 0 Å². The van der Waals surface area contributed by atoms with Gasteiger partial charge in [-0.25, -0.2) is 4.39 Å². The van der Waals surface area contributed by atoms with Crippen molar-refractivity contribution in [3.05, 3.63) is 57.2 Å².